The molecule has 0 atom stereocenters. The fourth-order valence-electron chi connectivity index (χ4n) is 3.32. The average molecular weight is 433 g/mol. The topological polar surface area (TPSA) is 90.5 Å². The Morgan fingerprint density at radius 2 is 1.73 bits per heavy atom. The van der Waals surface area contributed by atoms with Crippen molar-refractivity contribution in [3.05, 3.63) is 42.2 Å². The Hall–Kier alpha value is -2.23. The van der Waals surface area contributed by atoms with Gasteiger partial charge in [0, 0.05) is 51.2 Å². The van der Waals surface area contributed by atoms with Crippen LogP contribution < -0.4 is 14.9 Å². The molecule has 8 nitrogen and oxygen atoms in total. The van der Waals surface area contributed by atoms with Gasteiger partial charge in [0.1, 0.15) is 16.5 Å². The number of aromatic nitrogens is 2. The van der Waals surface area contributed by atoms with E-state index < -0.39 is 10.0 Å². The number of hydrogen-bond acceptors (Lipinski definition) is 7. The summed E-state index contributed by atoms with van der Waals surface area (Å²) in [5.41, 5.74) is 1.04. The van der Waals surface area contributed by atoms with Crippen molar-refractivity contribution in [3.63, 3.8) is 0 Å². The lowest BCUT2D eigenvalue weighted by atomic mass is 10.2. The van der Waals surface area contributed by atoms with Gasteiger partial charge in [-0.1, -0.05) is 19.9 Å². The second kappa shape index (κ2) is 10.2. The van der Waals surface area contributed by atoms with Crippen molar-refractivity contribution in [2.45, 2.75) is 44.2 Å². The van der Waals surface area contributed by atoms with Crippen molar-refractivity contribution < 1.29 is 8.42 Å². The molecule has 0 bridgehead atoms. The van der Waals surface area contributed by atoms with Crippen LogP contribution >= 0.6 is 0 Å². The lowest BCUT2D eigenvalue weighted by molar-refractivity contribution is 0.312. The molecule has 2 aromatic heterocycles. The first-order valence-corrected chi connectivity index (χ1v) is 12.0. The summed E-state index contributed by atoms with van der Waals surface area (Å²) in [6.07, 6.45) is 4.77. The van der Waals surface area contributed by atoms with Crippen LogP contribution in [0.1, 0.15) is 32.3 Å². The number of pyridine rings is 2. The van der Waals surface area contributed by atoms with Crippen molar-refractivity contribution >= 4 is 21.7 Å². The van der Waals surface area contributed by atoms with Crippen molar-refractivity contribution in [2.24, 2.45) is 0 Å². The van der Waals surface area contributed by atoms with Gasteiger partial charge in [0.15, 0.2) is 0 Å². The number of rotatable bonds is 9. The maximum Gasteiger partial charge on any atom is 0.242 e. The quantitative estimate of drug-likeness (QED) is 0.628. The zero-order chi connectivity index (χ0) is 21.6. The summed E-state index contributed by atoms with van der Waals surface area (Å²) in [5, 5.41) is 3.22. The van der Waals surface area contributed by atoms with E-state index in [0.717, 1.165) is 50.4 Å². The van der Waals surface area contributed by atoms with Crippen molar-refractivity contribution in [1.82, 2.24) is 19.6 Å². The van der Waals surface area contributed by atoms with Crippen LogP contribution in [-0.2, 0) is 16.6 Å². The molecule has 0 unspecified atom stereocenters. The van der Waals surface area contributed by atoms with Gasteiger partial charge >= 0.3 is 0 Å². The van der Waals surface area contributed by atoms with E-state index in [0.29, 0.717) is 12.4 Å². The van der Waals surface area contributed by atoms with E-state index in [2.05, 4.69) is 49.0 Å². The predicted octanol–water partition coefficient (Wildman–Crippen LogP) is 2.31. The van der Waals surface area contributed by atoms with E-state index in [1.165, 1.54) is 6.20 Å². The first-order chi connectivity index (χ1) is 14.4. The number of sulfonamides is 1. The van der Waals surface area contributed by atoms with Crippen LogP contribution in [0.4, 0.5) is 11.6 Å². The van der Waals surface area contributed by atoms with Crippen molar-refractivity contribution in [3.8, 4) is 0 Å². The molecule has 2 aromatic rings. The molecule has 30 heavy (non-hydrogen) atoms. The maximum absolute atomic E-state index is 12.4. The lowest BCUT2D eigenvalue weighted by Gasteiger charge is -2.33. The molecular formula is C21H32N6O2S. The summed E-state index contributed by atoms with van der Waals surface area (Å²) < 4.78 is 27.6. The molecule has 164 valence electrons. The molecule has 1 aliphatic rings. The average Bonchev–Trinajstić information content (AvgIpc) is 2.77. The minimum atomic E-state index is -3.54. The molecule has 0 spiro atoms. The zero-order valence-electron chi connectivity index (χ0n) is 18.0. The fraction of sp³-hybridized carbons (Fsp3) is 0.524. The third-order valence-electron chi connectivity index (χ3n) is 5.46. The molecule has 0 saturated carbocycles. The molecule has 2 N–H and O–H groups in total. The van der Waals surface area contributed by atoms with Crippen LogP contribution in [0.3, 0.4) is 0 Å². The normalized spacial score (nSPS) is 15.5. The van der Waals surface area contributed by atoms with Gasteiger partial charge in [0.25, 0.3) is 0 Å². The summed E-state index contributed by atoms with van der Waals surface area (Å²) in [5.74, 6) is 1.63. The molecule has 3 rings (SSSR count). The maximum atomic E-state index is 12.4. The van der Waals surface area contributed by atoms with Gasteiger partial charge in [-0.15, -0.1) is 0 Å². The molecule has 1 aliphatic heterocycles. The van der Waals surface area contributed by atoms with Crippen molar-refractivity contribution in [2.75, 3.05) is 43.4 Å². The highest BCUT2D eigenvalue weighted by atomic mass is 32.2. The van der Waals surface area contributed by atoms with E-state index in [-0.39, 0.29) is 10.9 Å². The molecule has 9 heteroatoms. The van der Waals surface area contributed by atoms with Crippen molar-refractivity contribution in [1.29, 1.82) is 0 Å². The first-order valence-electron chi connectivity index (χ1n) is 10.5. The third-order valence-corrected chi connectivity index (χ3v) is 6.97. The number of nitrogens with one attached hydrogen (secondary N) is 2. The number of likely N-dealkylation sites (N-methyl/N-ethyl adjacent to an activating group) is 1. The summed E-state index contributed by atoms with van der Waals surface area (Å²) >= 11 is 0. The standard InChI is InChI=1S/C21H32N6O2S/c1-4-18(5-2)25-30(28,29)19-7-8-20(23-16-19)22-14-17-6-9-21(24-15-17)27-12-10-26(3)11-13-27/h6-9,15-16,18,25H,4-5,10-14H2,1-3H3,(H,22,23). The van der Waals surface area contributed by atoms with E-state index >= 15 is 0 Å². The highest BCUT2D eigenvalue weighted by Gasteiger charge is 2.18. The minimum absolute atomic E-state index is 0.0610. The van der Waals surface area contributed by atoms with Crippen LogP contribution in [0.5, 0.6) is 0 Å². The summed E-state index contributed by atoms with van der Waals surface area (Å²) in [7, 11) is -1.41. The molecular weight excluding hydrogens is 400 g/mol. The van der Waals surface area contributed by atoms with Gasteiger partial charge in [0.2, 0.25) is 10.0 Å². The number of anilines is 2. The molecule has 0 radical (unpaired) electrons. The first kappa shape index (κ1) is 22.5. The van der Waals surface area contributed by atoms with E-state index in [9.17, 15) is 8.42 Å². The lowest BCUT2D eigenvalue weighted by Crippen LogP contribution is -2.44. The van der Waals surface area contributed by atoms with Gasteiger partial charge in [-0.2, -0.15) is 0 Å². The molecule has 0 aromatic carbocycles. The van der Waals surface area contributed by atoms with Crippen LogP contribution in [0.25, 0.3) is 0 Å². The zero-order valence-corrected chi connectivity index (χ0v) is 18.8. The van der Waals surface area contributed by atoms with Gasteiger partial charge in [-0.05, 0) is 43.7 Å². The Bertz CT molecular complexity index is 890. The third kappa shape index (κ3) is 5.90. The Labute approximate surface area is 179 Å². The Kier molecular flexibility index (Phi) is 7.63. The second-order valence-corrected chi connectivity index (χ2v) is 9.40. The summed E-state index contributed by atoms with van der Waals surface area (Å²) in [6, 6.07) is 7.32. The fourth-order valence-corrected chi connectivity index (χ4v) is 4.67. The van der Waals surface area contributed by atoms with E-state index in [4.69, 9.17) is 0 Å². The van der Waals surface area contributed by atoms with Gasteiger partial charge in [0.05, 0.1) is 0 Å². The molecule has 0 amide bonds. The minimum Gasteiger partial charge on any atom is -0.366 e. The number of nitrogens with zero attached hydrogens (tertiary/aromatic N) is 4. The monoisotopic (exact) mass is 432 g/mol. The van der Waals surface area contributed by atoms with E-state index in [1.807, 2.05) is 20.0 Å². The SMILES string of the molecule is CCC(CC)NS(=O)(=O)c1ccc(NCc2ccc(N3CCN(C)CC3)nc2)nc1. The van der Waals surface area contributed by atoms with Crippen LogP contribution in [0.2, 0.25) is 0 Å². The van der Waals surface area contributed by atoms with Crippen LogP contribution in [0, 0.1) is 0 Å². The van der Waals surface area contributed by atoms with Crippen LogP contribution in [0.15, 0.2) is 41.6 Å². The highest BCUT2D eigenvalue weighted by Crippen LogP contribution is 2.16. The Balaban J connectivity index is 1.55. The van der Waals surface area contributed by atoms with Gasteiger partial charge in [-0.3, -0.25) is 0 Å². The Morgan fingerprint density at radius 1 is 1.00 bits per heavy atom. The molecule has 1 fully saturated rings. The van der Waals surface area contributed by atoms with Gasteiger partial charge < -0.3 is 15.1 Å². The van der Waals surface area contributed by atoms with Gasteiger partial charge in [-0.25, -0.2) is 23.1 Å². The summed E-state index contributed by atoms with van der Waals surface area (Å²) in [4.78, 5) is 13.6. The highest BCUT2D eigenvalue weighted by molar-refractivity contribution is 7.89. The largest absolute Gasteiger partial charge is 0.366 e. The second-order valence-electron chi connectivity index (χ2n) is 7.68. The molecule has 3 heterocycles. The van der Waals surface area contributed by atoms with Crippen LogP contribution in [-0.4, -0.2) is 62.6 Å². The smallest absolute Gasteiger partial charge is 0.242 e. The molecule has 1 saturated heterocycles. The van der Waals surface area contributed by atoms with E-state index in [1.54, 1.807) is 12.1 Å². The number of piperazine rings is 1. The Morgan fingerprint density at radius 3 is 2.30 bits per heavy atom. The molecule has 0 aliphatic carbocycles. The summed E-state index contributed by atoms with van der Waals surface area (Å²) in [6.45, 7) is 8.59. The predicted molar refractivity (Wildman–Crippen MR) is 120 cm³/mol. The number of hydrogen-bond donors (Lipinski definition) is 2.